The number of esters is 1. The van der Waals surface area contributed by atoms with Crippen molar-refractivity contribution in [3.63, 3.8) is 0 Å². The summed E-state index contributed by atoms with van der Waals surface area (Å²) in [6.07, 6.45) is 9.10. The average Bonchev–Trinajstić information content (AvgIpc) is 2.85. The summed E-state index contributed by atoms with van der Waals surface area (Å²) in [7, 11) is 0. The maximum absolute atomic E-state index is 13.1. The monoisotopic (exact) mass is 360 g/mol. The van der Waals surface area contributed by atoms with Gasteiger partial charge < -0.3 is 14.6 Å². The highest BCUT2D eigenvalue weighted by molar-refractivity contribution is 5.93. The Hall–Kier alpha value is -1.78. The van der Waals surface area contributed by atoms with E-state index in [4.69, 9.17) is 4.74 Å². The van der Waals surface area contributed by atoms with Gasteiger partial charge in [-0.05, 0) is 52.0 Å². The topological polar surface area (TPSA) is 62.4 Å². The number of hydrogen-bond donors (Lipinski definition) is 1. The van der Waals surface area contributed by atoms with Gasteiger partial charge in [0, 0.05) is 23.3 Å². The minimum atomic E-state index is -0.278. The summed E-state index contributed by atoms with van der Waals surface area (Å²) in [5.41, 5.74) is 3.35. The fraction of sp³-hybridized carbons (Fsp3) is 0.714. The molecular weight excluding hydrogens is 328 g/mol. The number of hydrogen-bond acceptors (Lipinski definition) is 3. The fourth-order valence-electron chi connectivity index (χ4n) is 4.32. The first-order valence-electron chi connectivity index (χ1n) is 10.2. The van der Waals surface area contributed by atoms with Crippen LogP contribution in [0.1, 0.15) is 85.6 Å². The molecule has 0 unspecified atom stereocenters. The van der Waals surface area contributed by atoms with Gasteiger partial charge in [0.15, 0.2) is 0 Å². The molecule has 144 valence electrons. The van der Waals surface area contributed by atoms with Gasteiger partial charge in [0.2, 0.25) is 5.91 Å². The summed E-state index contributed by atoms with van der Waals surface area (Å²) in [6.45, 7) is 6.62. The van der Waals surface area contributed by atoms with E-state index in [0.29, 0.717) is 30.7 Å². The van der Waals surface area contributed by atoms with Crippen LogP contribution in [0.4, 0.5) is 0 Å². The standard InChI is InChI=1S/C21H32N2O3/c1-4-26-21(25)19-14(2)18(22-15(19)3)13-23(17-11-6-5-7-12-17)20(24)16-9-8-10-16/h16-17,22H,4-13H2,1-3H3. The molecular formula is C21H32N2O3. The lowest BCUT2D eigenvalue weighted by molar-refractivity contribution is -0.142. The summed E-state index contributed by atoms with van der Waals surface area (Å²) in [5.74, 6) is 0.241. The molecule has 0 saturated heterocycles. The van der Waals surface area contributed by atoms with E-state index < -0.39 is 0 Å². The number of amides is 1. The molecule has 3 rings (SSSR count). The van der Waals surface area contributed by atoms with Gasteiger partial charge in [0.25, 0.3) is 0 Å². The van der Waals surface area contributed by atoms with Crippen molar-refractivity contribution < 1.29 is 14.3 Å². The molecule has 0 bridgehead atoms. The van der Waals surface area contributed by atoms with Gasteiger partial charge in [0.05, 0.1) is 18.7 Å². The van der Waals surface area contributed by atoms with Gasteiger partial charge in [-0.15, -0.1) is 0 Å². The Morgan fingerprint density at radius 1 is 1.08 bits per heavy atom. The number of ether oxygens (including phenoxy) is 1. The van der Waals surface area contributed by atoms with Gasteiger partial charge in [-0.3, -0.25) is 4.79 Å². The lowest BCUT2D eigenvalue weighted by atomic mass is 9.83. The van der Waals surface area contributed by atoms with Gasteiger partial charge >= 0.3 is 5.97 Å². The van der Waals surface area contributed by atoms with Crippen LogP contribution in [0.25, 0.3) is 0 Å². The first-order valence-corrected chi connectivity index (χ1v) is 10.2. The molecule has 1 amide bonds. The van der Waals surface area contributed by atoms with Crippen LogP contribution in [0.2, 0.25) is 0 Å². The third-order valence-corrected chi connectivity index (χ3v) is 6.10. The summed E-state index contributed by atoms with van der Waals surface area (Å²) in [4.78, 5) is 30.8. The highest BCUT2D eigenvalue weighted by Gasteiger charge is 2.34. The molecule has 2 saturated carbocycles. The Morgan fingerprint density at radius 3 is 2.35 bits per heavy atom. The molecule has 1 aromatic rings. The molecule has 2 aliphatic rings. The molecule has 5 nitrogen and oxygen atoms in total. The maximum atomic E-state index is 13.1. The van der Waals surface area contributed by atoms with E-state index in [9.17, 15) is 9.59 Å². The van der Waals surface area contributed by atoms with Crippen LogP contribution in [0.5, 0.6) is 0 Å². The summed E-state index contributed by atoms with van der Waals surface area (Å²) >= 11 is 0. The van der Waals surface area contributed by atoms with Crippen molar-refractivity contribution in [2.75, 3.05) is 6.61 Å². The fourth-order valence-corrected chi connectivity index (χ4v) is 4.32. The minimum Gasteiger partial charge on any atom is -0.462 e. The Labute approximate surface area is 156 Å². The molecule has 1 N–H and O–H groups in total. The second-order valence-corrected chi connectivity index (χ2v) is 7.83. The van der Waals surface area contributed by atoms with Crippen LogP contribution in [0.3, 0.4) is 0 Å². The number of aromatic nitrogens is 1. The Balaban J connectivity index is 1.83. The number of H-pyrrole nitrogens is 1. The number of rotatable bonds is 6. The molecule has 1 aromatic heterocycles. The zero-order chi connectivity index (χ0) is 18.7. The molecule has 0 aromatic carbocycles. The van der Waals surface area contributed by atoms with Gasteiger partial charge in [-0.25, -0.2) is 4.79 Å². The van der Waals surface area contributed by atoms with Crippen LogP contribution < -0.4 is 0 Å². The van der Waals surface area contributed by atoms with Crippen molar-refractivity contribution in [3.8, 4) is 0 Å². The molecule has 0 spiro atoms. The second kappa shape index (κ2) is 8.28. The molecule has 26 heavy (non-hydrogen) atoms. The molecule has 0 aliphatic heterocycles. The van der Waals surface area contributed by atoms with E-state index in [2.05, 4.69) is 9.88 Å². The zero-order valence-electron chi connectivity index (χ0n) is 16.4. The van der Waals surface area contributed by atoms with E-state index in [1.165, 1.54) is 25.7 Å². The van der Waals surface area contributed by atoms with Crippen LogP contribution in [0, 0.1) is 19.8 Å². The quantitative estimate of drug-likeness (QED) is 0.771. The third-order valence-electron chi connectivity index (χ3n) is 6.10. The Bertz CT molecular complexity index is 654. The minimum absolute atomic E-state index is 0.206. The smallest absolute Gasteiger partial charge is 0.340 e. The molecule has 1 heterocycles. The van der Waals surface area contributed by atoms with E-state index in [1.54, 1.807) is 0 Å². The number of nitrogens with zero attached hydrogens (tertiary/aromatic N) is 1. The van der Waals surface area contributed by atoms with E-state index in [-0.39, 0.29) is 11.9 Å². The highest BCUT2D eigenvalue weighted by Crippen LogP contribution is 2.33. The van der Waals surface area contributed by atoms with E-state index in [0.717, 1.165) is 42.6 Å². The Kier molecular flexibility index (Phi) is 6.05. The molecule has 0 radical (unpaired) electrons. The molecule has 2 aliphatic carbocycles. The van der Waals surface area contributed by atoms with Gasteiger partial charge in [-0.2, -0.15) is 0 Å². The van der Waals surface area contributed by atoms with E-state index in [1.807, 2.05) is 20.8 Å². The SMILES string of the molecule is CCOC(=O)c1c(C)[nH]c(CN(C(=O)C2CCC2)C2CCCCC2)c1C. The second-order valence-electron chi connectivity index (χ2n) is 7.83. The van der Waals surface area contributed by atoms with Crippen molar-refractivity contribution in [3.05, 3.63) is 22.5 Å². The summed E-state index contributed by atoms with van der Waals surface area (Å²) in [6, 6.07) is 0.339. The number of aryl methyl sites for hydroxylation is 1. The normalized spacial score (nSPS) is 18.4. The molecule has 5 heteroatoms. The van der Waals surface area contributed by atoms with Crippen molar-refractivity contribution >= 4 is 11.9 Å². The molecule has 2 fully saturated rings. The number of carbonyl (C=O) groups excluding carboxylic acids is 2. The summed E-state index contributed by atoms with van der Waals surface area (Å²) < 4.78 is 5.20. The first kappa shape index (κ1) is 19.0. The van der Waals surface area contributed by atoms with Crippen molar-refractivity contribution in [1.29, 1.82) is 0 Å². The molecule has 0 atom stereocenters. The number of aromatic amines is 1. The predicted octanol–water partition coefficient (Wildman–Crippen LogP) is 4.27. The van der Waals surface area contributed by atoms with Crippen LogP contribution >= 0.6 is 0 Å². The number of nitrogens with one attached hydrogen (secondary N) is 1. The van der Waals surface area contributed by atoms with Gasteiger partial charge in [0.1, 0.15) is 0 Å². The first-order chi connectivity index (χ1) is 12.5. The van der Waals surface area contributed by atoms with E-state index >= 15 is 0 Å². The Morgan fingerprint density at radius 2 is 1.77 bits per heavy atom. The van der Waals surface area contributed by atoms with Crippen molar-refractivity contribution in [2.45, 2.75) is 84.7 Å². The third kappa shape index (κ3) is 3.81. The average molecular weight is 360 g/mol. The lowest BCUT2D eigenvalue weighted by Crippen LogP contribution is -2.45. The van der Waals surface area contributed by atoms with Gasteiger partial charge in [-0.1, -0.05) is 25.7 Å². The lowest BCUT2D eigenvalue weighted by Gasteiger charge is -2.38. The van der Waals surface area contributed by atoms with Crippen molar-refractivity contribution in [1.82, 2.24) is 9.88 Å². The van der Waals surface area contributed by atoms with Crippen LogP contribution in [-0.2, 0) is 16.1 Å². The zero-order valence-corrected chi connectivity index (χ0v) is 16.4. The predicted molar refractivity (Wildman–Crippen MR) is 101 cm³/mol. The maximum Gasteiger partial charge on any atom is 0.340 e. The summed E-state index contributed by atoms with van der Waals surface area (Å²) in [5, 5.41) is 0. The van der Waals surface area contributed by atoms with Crippen molar-refractivity contribution in [2.24, 2.45) is 5.92 Å². The number of carbonyl (C=O) groups is 2. The largest absolute Gasteiger partial charge is 0.462 e. The highest BCUT2D eigenvalue weighted by atomic mass is 16.5. The van der Waals surface area contributed by atoms with Crippen LogP contribution in [0.15, 0.2) is 0 Å². The van der Waals surface area contributed by atoms with Crippen LogP contribution in [-0.4, -0.2) is 34.4 Å².